The Labute approximate surface area is 211 Å². The van der Waals surface area contributed by atoms with Gasteiger partial charge in [-0.2, -0.15) is 5.26 Å². The molecule has 0 spiro atoms. The lowest BCUT2D eigenvalue weighted by Crippen LogP contribution is -2.49. The number of nitrogens with one attached hydrogen (secondary N) is 2. The van der Waals surface area contributed by atoms with Crippen LogP contribution in [0.1, 0.15) is 15.9 Å². The molecular weight excluding hydrogens is 468 g/mol. The molecule has 1 fully saturated rings. The highest BCUT2D eigenvalue weighted by atomic mass is 16.2. The summed E-state index contributed by atoms with van der Waals surface area (Å²) in [5.74, 6) is 0.537. The van der Waals surface area contributed by atoms with Crippen molar-refractivity contribution in [2.45, 2.75) is 0 Å². The molecule has 4 heterocycles. The van der Waals surface area contributed by atoms with Gasteiger partial charge in [-0.05, 0) is 42.5 Å². The lowest BCUT2D eigenvalue weighted by molar-refractivity contribution is 0.0746. The molecule has 182 valence electrons. The van der Waals surface area contributed by atoms with E-state index in [2.05, 4.69) is 26.0 Å². The van der Waals surface area contributed by atoms with Crippen molar-refractivity contribution in [2.24, 2.45) is 0 Å². The highest BCUT2D eigenvalue weighted by Crippen LogP contribution is 2.32. The molecule has 4 N–H and O–H groups in total. The largest absolute Gasteiger partial charge is 0.396 e. The molecular formula is C27H22N8O2. The number of nitrogens with two attached hydrogens (primary N) is 1. The van der Waals surface area contributed by atoms with E-state index < -0.39 is 0 Å². The number of nitriles is 1. The topological polar surface area (TPSA) is 148 Å². The molecule has 5 aromatic rings. The molecule has 37 heavy (non-hydrogen) atoms. The number of fused-ring (bicyclic) bond motifs is 2. The van der Waals surface area contributed by atoms with Crippen molar-refractivity contribution in [3.05, 3.63) is 82.3 Å². The number of anilines is 2. The van der Waals surface area contributed by atoms with Gasteiger partial charge in [-0.15, -0.1) is 0 Å². The van der Waals surface area contributed by atoms with Gasteiger partial charge in [0.25, 0.3) is 11.5 Å². The summed E-state index contributed by atoms with van der Waals surface area (Å²) < 4.78 is 0. The van der Waals surface area contributed by atoms with Crippen LogP contribution in [0.3, 0.4) is 0 Å². The molecule has 0 atom stereocenters. The van der Waals surface area contributed by atoms with E-state index in [1.807, 2.05) is 23.1 Å². The van der Waals surface area contributed by atoms with Crippen LogP contribution in [0, 0.1) is 11.3 Å². The maximum absolute atomic E-state index is 13.3. The van der Waals surface area contributed by atoms with Gasteiger partial charge >= 0.3 is 0 Å². The second kappa shape index (κ2) is 8.80. The predicted octanol–water partition coefficient (Wildman–Crippen LogP) is 2.88. The van der Waals surface area contributed by atoms with E-state index in [0.29, 0.717) is 76.4 Å². The van der Waals surface area contributed by atoms with Crippen LogP contribution >= 0.6 is 0 Å². The van der Waals surface area contributed by atoms with Crippen molar-refractivity contribution in [2.75, 3.05) is 36.8 Å². The number of piperazine rings is 1. The fourth-order valence-electron chi connectivity index (χ4n) is 4.77. The monoisotopic (exact) mass is 490 g/mol. The first-order valence-corrected chi connectivity index (χ1v) is 11.8. The lowest BCUT2D eigenvalue weighted by atomic mass is 10.1. The summed E-state index contributed by atoms with van der Waals surface area (Å²) in [4.78, 5) is 44.8. The second-order valence-electron chi connectivity index (χ2n) is 8.87. The van der Waals surface area contributed by atoms with Crippen molar-refractivity contribution < 1.29 is 4.79 Å². The van der Waals surface area contributed by atoms with E-state index in [1.54, 1.807) is 47.5 Å². The SMILES string of the molecule is N#Cc1cccnc1N1CCN(C(=O)c2ccc3[nH]c(-c4nc5ccccc5[nH]c4=O)c(N)c3c2)CC1. The molecule has 1 amide bonds. The smallest absolute Gasteiger partial charge is 0.276 e. The van der Waals surface area contributed by atoms with Gasteiger partial charge in [0.2, 0.25) is 0 Å². The van der Waals surface area contributed by atoms with Crippen molar-refractivity contribution in [3.63, 3.8) is 0 Å². The van der Waals surface area contributed by atoms with E-state index >= 15 is 0 Å². The van der Waals surface area contributed by atoms with Crippen LogP contribution in [0.2, 0.25) is 0 Å². The Morgan fingerprint density at radius 3 is 2.62 bits per heavy atom. The Hall–Kier alpha value is -5.17. The van der Waals surface area contributed by atoms with E-state index in [1.165, 1.54) is 0 Å². The summed E-state index contributed by atoms with van der Waals surface area (Å²) in [6, 6.07) is 18.2. The number of aromatic nitrogens is 4. The third kappa shape index (κ3) is 3.83. The number of benzene rings is 2. The molecule has 0 saturated carbocycles. The number of pyridine rings is 1. The molecule has 1 aliphatic rings. The molecule has 1 saturated heterocycles. The van der Waals surface area contributed by atoms with Gasteiger partial charge < -0.3 is 25.5 Å². The normalized spacial score (nSPS) is 13.7. The highest BCUT2D eigenvalue weighted by Gasteiger charge is 2.25. The number of rotatable bonds is 3. The lowest BCUT2D eigenvalue weighted by Gasteiger charge is -2.35. The number of hydrogen-bond donors (Lipinski definition) is 3. The van der Waals surface area contributed by atoms with Crippen molar-refractivity contribution in [3.8, 4) is 17.5 Å². The number of carbonyl (C=O) groups excluding carboxylic acids is 1. The molecule has 1 aliphatic heterocycles. The van der Waals surface area contributed by atoms with E-state index in [0.717, 1.165) is 0 Å². The number of para-hydroxylation sites is 2. The zero-order chi connectivity index (χ0) is 25.5. The van der Waals surface area contributed by atoms with Crippen LogP contribution in [-0.4, -0.2) is 56.9 Å². The summed E-state index contributed by atoms with van der Waals surface area (Å²) in [6.45, 7) is 2.16. The first-order valence-electron chi connectivity index (χ1n) is 11.8. The minimum absolute atomic E-state index is 0.105. The molecule has 3 aromatic heterocycles. The average molecular weight is 491 g/mol. The van der Waals surface area contributed by atoms with Crippen LogP contribution in [-0.2, 0) is 0 Å². The van der Waals surface area contributed by atoms with Crippen molar-refractivity contribution >= 4 is 39.3 Å². The van der Waals surface area contributed by atoms with Crippen LogP contribution in [0.5, 0.6) is 0 Å². The number of nitrogen functional groups attached to an aromatic ring is 1. The predicted molar refractivity (Wildman–Crippen MR) is 141 cm³/mol. The van der Waals surface area contributed by atoms with Crippen LogP contribution in [0.15, 0.2) is 65.6 Å². The first kappa shape index (κ1) is 22.3. The zero-order valence-electron chi connectivity index (χ0n) is 19.7. The Bertz CT molecular complexity index is 1770. The zero-order valence-corrected chi connectivity index (χ0v) is 19.7. The molecule has 2 aromatic carbocycles. The fraction of sp³-hybridized carbons (Fsp3) is 0.148. The molecule has 6 rings (SSSR count). The van der Waals surface area contributed by atoms with Crippen molar-refractivity contribution in [1.29, 1.82) is 5.26 Å². The third-order valence-corrected chi connectivity index (χ3v) is 6.70. The average Bonchev–Trinajstić information content (AvgIpc) is 3.27. The van der Waals surface area contributed by atoms with E-state index in [9.17, 15) is 14.9 Å². The molecule has 0 unspecified atom stereocenters. The van der Waals surface area contributed by atoms with E-state index in [-0.39, 0.29) is 17.2 Å². The summed E-state index contributed by atoms with van der Waals surface area (Å²) in [6.07, 6.45) is 1.67. The standard InChI is InChI=1S/C27H22N8O2/c28-15-17-4-3-9-30-25(17)34-10-12-35(13-11-34)27(37)16-7-8-19-18(14-16)22(29)23(31-19)24-26(36)33-21-6-2-1-5-20(21)32-24/h1-9,14,31H,10-13,29H2,(H,33,36). The highest BCUT2D eigenvalue weighted by molar-refractivity contribution is 6.04. The summed E-state index contributed by atoms with van der Waals surface area (Å²) >= 11 is 0. The van der Waals surface area contributed by atoms with Gasteiger partial charge in [-0.3, -0.25) is 9.59 Å². The Kier molecular flexibility index (Phi) is 5.31. The third-order valence-electron chi connectivity index (χ3n) is 6.70. The number of nitrogens with zero attached hydrogens (tertiary/aromatic N) is 5. The Balaban J connectivity index is 1.26. The number of aromatic amines is 2. The number of hydrogen-bond acceptors (Lipinski definition) is 7. The van der Waals surface area contributed by atoms with Gasteiger partial charge in [0.05, 0.1) is 28.0 Å². The number of amides is 1. The van der Waals surface area contributed by atoms with E-state index in [4.69, 9.17) is 5.73 Å². The minimum atomic E-state index is -0.349. The maximum Gasteiger partial charge on any atom is 0.276 e. The summed E-state index contributed by atoms with van der Waals surface area (Å²) in [5, 5.41) is 10.0. The van der Waals surface area contributed by atoms with Gasteiger partial charge in [-0.1, -0.05) is 12.1 Å². The van der Waals surface area contributed by atoms with Crippen LogP contribution < -0.4 is 16.2 Å². The number of carbonyl (C=O) groups is 1. The molecule has 10 heteroatoms. The molecule has 0 bridgehead atoms. The van der Waals surface area contributed by atoms with Gasteiger partial charge in [-0.25, -0.2) is 9.97 Å². The van der Waals surface area contributed by atoms with Gasteiger partial charge in [0.1, 0.15) is 11.9 Å². The first-order chi connectivity index (χ1) is 18.0. The van der Waals surface area contributed by atoms with Gasteiger partial charge in [0, 0.05) is 48.8 Å². The summed E-state index contributed by atoms with van der Waals surface area (Å²) in [5.41, 5.74) is 10.1. The van der Waals surface area contributed by atoms with Crippen LogP contribution in [0.4, 0.5) is 11.5 Å². The fourth-order valence-corrected chi connectivity index (χ4v) is 4.77. The molecule has 0 radical (unpaired) electrons. The molecule has 10 nitrogen and oxygen atoms in total. The quantitative estimate of drug-likeness (QED) is 0.352. The van der Waals surface area contributed by atoms with Gasteiger partial charge in [0.15, 0.2) is 5.69 Å². The maximum atomic E-state index is 13.3. The Morgan fingerprint density at radius 2 is 1.81 bits per heavy atom. The number of H-pyrrole nitrogens is 2. The summed E-state index contributed by atoms with van der Waals surface area (Å²) in [7, 11) is 0. The molecule has 0 aliphatic carbocycles. The van der Waals surface area contributed by atoms with Crippen LogP contribution in [0.25, 0.3) is 33.3 Å². The minimum Gasteiger partial charge on any atom is -0.396 e. The van der Waals surface area contributed by atoms with Crippen molar-refractivity contribution in [1.82, 2.24) is 24.8 Å². The Morgan fingerprint density at radius 1 is 1.00 bits per heavy atom. The second-order valence-corrected chi connectivity index (χ2v) is 8.87.